The third kappa shape index (κ3) is 4.85. The average molecular weight is 482 g/mol. The highest BCUT2D eigenvalue weighted by Crippen LogP contribution is 2.29. The number of nitrogens with zero attached hydrogens (tertiary/aromatic N) is 3. The van der Waals surface area contributed by atoms with E-state index in [0.29, 0.717) is 29.4 Å². The molecule has 180 valence electrons. The van der Waals surface area contributed by atoms with Crippen LogP contribution in [-0.2, 0) is 24.2 Å². The zero-order valence-electron chi connectivity index (χ0n) is 19.4. The average Bonchev–Trinajstić information content (AvgIpc) is 2.91. The molecule has 0 N–H and O–H groups in total. The molecule has 0 amide bonds. The van der Waals surface area contributed by atoms with Gasteiger partial charge < -0.3 is 4.74 Å². The Morgan fingerprint density at radius 1 is 0.972 bits per heavy atom. The van der Waals surface area contributed by atoms with E-state index in [2.05, 4.69) is 17.0 Å². The van der Waals surface area contributed by atoms with Gasteiger partial charge in [-0.05, 0) is 23.8 Å². The summed E-state index contributed by atoms with van der Waals surface area (Å²) < 4.78 is 5.48. The van der Waals surface area contributed by atoms with Crippen molar-refractivity contribution in [2.75, 3.05) is 13.2 Å². The fourth-order valence-electron chi connectivity index (χ4n) is 4.51. The first-order valence-corrected chi connectivity index (χ1v) is 11.6. The third-order valence-electron chi connectivity index (χ3n) is 6.31. The first kappa shape index (κ1) is 23.3. The van der Waals surface area contributed by atoms with Gasteiger partial charge in [-0.3, -0.25) is 24.8 Å². The van der Waals surface area contributed by atoms with Gasteiger partial charge in [0.2, 0.25) is 0 Å². The van der Waals surface area contributed by atoms with Gasteiger partial charge in [-0.25, -0.2) is 4.79 Å². The molecular formula is C28H23N3O5. The Labute approximate surface area is 207 Å². The summed E-state index contributed by atoms with van der Waals surface area (Å²) >= 11 is 0. The Balaban J connectivity index is 1.40. The number of pyridine rings is 1. The predicted molar refractivity (Wildman–Crippen MR) is 134 cm³/mol. The summed E-state index contributed by atoms with van der Waals surface area (Å²) in [5, 5.41) is 11.5. The number of fused-ring (bicyclic) bond motifs is 2. The van der Waals surface area contributed by atoms with Gasteiger partial charge in [0.15, 0.2) is 12.4 Å². The Hall–Kier alpha value is -4.43. The summed E-state index contributed by atoms with van der Waals surface area (Å²) in [5.41, 5.74) is 4.15. The zero-order valence-corrected chi connectivity index (χ0v) is 19.4. The summed E-state index contributed by atoms with van der Waals surface area (Å²) in [7, 11) is 0. The molecule has 8 heteroatoms. The minimum atomic E-state index is -0.582. The third-order valence-corrected chi connectivity index (χ3v) is 6.31. The van der Waals surface area contributed by atoms with Gasteiger partial charge in [0.1, 0.15) is 0 Å². The molecule has 0 saturated heterocycles. The van der Waals surface area contributed by atoms with E-state index in [1.54, 1.807) is 0 Å². The highest BCUT2D eigenvalue weighted by atomic mass is 16.6. The molecule has 8 nitrogen and oxygen atoms in total. The second kappa shape index (κ2) is 10.1. The zero-order chi connectivity index (χ0) is 25.1. The molecule has 4 aromatic rings. The molecule has 0 fully saturated rings. The fourth-order valence-corrected chi connectivity index (χ4v) is 4.51. The van der Waals surface area contributed by atoms with Gasteiger partial charge in [0, 0.05) is 60.4 Å². The van der Waals surface area contributed by atoms with Crippen LogP contribution in [0.4, 0.5) is 5.69 Å². The molecule has 0 spiro atoms. The van der Waals surface area contributed by atoms with Gasteiger partial charge in [-0.2, -0.15) is 0 Å². The predicted octanol–water partition coefficient (Wildman–Crippen LogP) is 4.74. The van der Waals surface area contributed by atoms with Crippen LogP contribution in [0.2, 0.25) is 0 Å². The molecule has 3 aromatic carbocycles. The molecule has 0 unspecified atom stereocenters. The normalized spacial score (nSPS) is 13.2. The van der Waals surface area contributed by atoms with Gasteiger partial charge in [0.25, 0.3) is 5.69 Å². The fraction of sp³-hybridized carbons (Fsp3) is 0.179. The van der Waals surface area contributed by atoms with Crippen molar-refractivity contribution >= 4 is 28.3 Å². The van der Waals surface area contributed by atoms with E-state index in [4.69, 9.17) is 9.72 Å². The Morgan fingerprint density at radius 3 is 2.44 bits per heavy atom. The van der Waals surface area contributed by atoms with Crippen LogP contribution in [0.3, 0.4) is 0 Å². The number of para-hydroxylation sites is 1. The van der Waals surface area contributed by atoms with Crippen LogP contribution >= 0.6 is 0 Å². The van der Waals surface area contributed by atoms with Crippen molar-refractivity contribution < 1.29 is 19.2 Å². The number of ether oxygens (including phenoxy) is 1. The molecular weight excluding hydrogens is 458 g/mol. The van der Waals surface area contributed by atoms with Crippen molar-refractivity contribution in [1.82, 2.24) is 9.88 Å². The number of carbonyl (C=O) groups excluding carboxylic acids is 2. The molecule has 2 heterocycles. The van der Waals surface area contributed by atoms with Crippen LogP contribution in [-0.4, -0.2) is 39.7 Å². The summed E-state index contributed by atoms with van der Waals surface area (Å²) in [6.07, 6.45) is 0.703. The van der Waals surface area contributed by atoms with Crippen LogP contribution in [0.5, 0.6) is 0 Å². The second-order valence-electron chi connectivity index (χ2n) is 8.68. The highest BCUT2D eigenvalue weighted by molar-refractivity contribution is 6.06. The monoisotopic (exact) mass is 481 g/mol. The van der Waals surface area contributed by atoms with E-state index in [0.717, 1.165) is 24.3 Å². The number of nitro groups is 1. The smallest absolute Gasteiger partial charge is 0.339 e. The Bertz CT molecular complexity index is 1450. The molecule has 0 bridgehead atoms. The lowest BCUT2D eigenvalue weighted by Gasteiger charge is -2.30. The van der Waals surface area contributed by atoms with Gasteiger partial charge in [0.05, 0.1) is 16.0 Å². The molecule has 0 saturated carbocycles. The maximum Gasteiger partial charge on any atom is 0.339 e. The van der Waals surface area contributed by atoms with E-state index < -0.39 is 23.3 Å². The van der Waals surface area contributed by atoms with E-state index in [1.165, 1.54) is 29.8 Å². The van der Waals surface area contributed by atoms with Crippen molar-refractivity contribution in [3.05, 3.63) is 117 Å². The largest absolute Gasteiger partial charge is 0.454 e. The van der Waals surface area contributed by atoms with Gasteiger partial charge in [-0.1, -0.05) is 48.5 Å². The number of hydrogen-bond donors (Lipinski definition) is 0. The number of non-ortho nitro benzene ring substituents is 1. The quantitative estimate of drug-likeness (QED) is 0.163. The van der Waals surface area contributed by atoms with E-state index in [1.807, 2.05) is 42.5 Å². The van der Waals surface area contributed by atoms with Crippen molar-refractivity contribution in [2.45, 2.75) is 19.5 Å². The lowest BCUT2D eigenvalue weighted by atomic mass is 9.95. The minimum absolute atomic E-state index is 0.113. The van der Waals surface area contributed by atoms with E-state index in [-0.39, 0.29) is 11.3 Å². The number of aromatic nitrogens is 1. The van der Waals surface area contributed by atoms with Crippen molar-refractivity contribution in [3.63, 3.8) is 0 Å². The minimum Gasteiger partial charge on any atom is -0.454 e. The van der Waals surface area contributed by atoms with Crippen LogP contribution < -0.4 is 0 Å². The SMILES string of the molecule is O=C(COC(=O)c1c2c(nc3ccccc13)CCN(Cc1ccccc1)C2)c1ccc([N+](=O)[O-])cc1. The molecule has 36 heavy (non-hydrogen) atoms. The molecule has 0 atom stereocenters. The number of esters is 1. The first-order valence-electron chi connectivity index (χ1n) is 11.6. The lowest BCUT2D eigenvalue weighted by Crippen LogP contribution is -2.32. The Kier molecular flexibility index (Phi) is 6.51. The number of ketones is 1. The van der Waals surface area contributed by atoms with Crippen LogP contribution in [0.25, 0.3) is 10.9 Å². The van der Waals surface area contributed by atoms with E-state index in [9.17, 15) is 19.7 Å². The first-order chi connectivity index (χ1) is 17.5. The summed E-state index contributed by atoms with van der Waals surface area (Å²) in [5.74, 6) is -1.02. The van der Waals surface area contributed by atoms with Crippen molar-refractivity contribution in [1.29, 1.82) is 0 Å². The molecule has 1 aliphatic heterocycles. The number of hydrogen-bond acceptors (Lipinski definition) is 7. The maximum atomic E-state index is 13.4. The number of rotatable bonds is 7. The highest BCUT2D eigenvalue weighted by Gasteiger charge is 2.27. The summed E-state index contributed by atoms with van der Waals surface area (Å²) in [6.45, 7) is 1.65. The standard InChI is InChI=1S/C28H23N3O5/c32-26(20-10-12-21(13-11-20)31(34)35)18-36-28(33)27-22-8-4-5-9-24(22)29-25-14-15-30(17-23(25)27)16-19-6-2-1-3-7-19/h1-13H,14-18H2. The number of Topliss-reactive ketones (excluding diaryl/α,β-unsaturated/α-hetero) is 1. The van der Waals surface area contributed by atoms with Gasteiger partial charge in [-0.15, -0.1) is 0 Å². The molecule has 1 aliphatic rings. The lowest BCUT2D eigenvalue weighted by molar-refractivity contribution is -0.384. The summed E-state index contributed by atoms with van der Waals surface area (Å²) in [4.78, 5) is 43.4. The maximum absolute atomic E-state index is 13.4. The van der Waals surface area contributed by atoms with Crippen molar-refractivity contribution in [3.8, 4) is 0 Å². The molecule has 0 aliphatic carbocycles. The van der Waals surface area contributed by atoms with Crippen LogP contribution in [0, 0.1) is 10.1 Å². The van der Waals surface area contributed by atoms with Crippen LogP contribution in [0.15, 0.2) is 78.9 Å². The second-order valence-corrected chi connectivity index (χ2v) is 8.68. The van der Waals surface area contributed by atoms with Crippen LogP contribution in [0.1, 0.15) is 37.5 Å². The molecule has 5 rings (SSSR count). The number of benzene rings is 3. The van der Waals surface area contributed by atoms with Crippen molar-refractivity contribution in [2.24, 2.45) is 0 Å². The molecule has 0 radical (unpaired) electrons. The number of nitro benzene ring substituents is 1. The Morgan fingerprint density at radius 2 is 1.69 bits per heavy atom. The number of carbonyl (C=O) groups is 2. The topological polar surface area (TPSA) is 103 Å². The van der Waals surface area contributed by atoms with Gasteiger partial charge >= 0.3 is 5.97 Å². The summed E-state index contributed by atoms with van der Waals surface area (Å²) in [6, 6.07) is 22.8. The molecule has 1 aromatic heterocycles. The van der Waals surface area contributed by atoms with E-state index >= 15 is 0 Å².